The zero-order valence-corrected chi connectivity index (χ0v) is 14.3. The van der Waals surface area contributed by atoms with Gasteiger partial charge in [-0.1, -0.05) is 31.4 Å². The molecule has 2 heterocycles. The SMILES string of the molecule is O=C(C1CCCCC1)N1CCc2[nH]c3c(Br)cccc3c2C1. The molecule has 2 aliphatic rings. The summed E-state index contributed by atoms with van der Waals surface area (Å²) in [6.45, 7) is 1.62. The molecule has 1 N–H and O–H groups in total. The molecule has 0 radical (unpaired) electrons. The molecule has 0 bridgehead atoms. The Kier molecular flexibility index (Phi) is 3.73. The number of nitrogens with one attached hydrogen (secondary N) is 1. The lowest BCUT2D eigenvalue weighted by atomic mass is 9.87. The number of carbonyl (C=O) groups is 1. The van der Waals surface area contributed by atoms with Crippen molar-refractivity contribution in [2.45, 2.75) is 45.1 Å². The van der Waals surface area contributed by atoms with Crippen molar-refractivity contribution in [2.75, 3.05) is 6.54 Å². The molecule has 1 saturated carbocycles. The average molecular weight is 361 g/mol. The average Bonchev–Trinajstić information content (AvgIpc) is 2.94. The van der Waals surface area contributed by atoms with Crippen LogP contribution < -0.4 is 0 Å². The molecule has 116 valence electrons. The van der Waals surface area contributed by atoms with Crippen LogP contribution in [0.15, 0.2) is 22.7 Å². The summed E-state index contributed by atoms with van der Waals surface area (Å²) in [7, 11) is 0. The van der Waals surface area contributed by atoms with E-state index < -0.39 is 0 Å². The van der Waals surface area contributed by atoms with Gasteiger partial charge in [-0.2, -0.15) is 0 Å². The lowest BCUT2D eigenvalue weighted by Crippen LogP contribution is -2.40. The first-order chi connectivity index (χ1) is 10.7. The number of nitrogens with zero attached hydrogens (tertiary/aromatic N) is 1. The largest absolute Gasteiger partial charge is 0.357 e. The Morgan fingerprint density at radius 2 is 2.05 bits per heavy atom. The minimum Gasteiger partial charge on any atom is -0.357 e. The number of benzene rings is 1. The highest BCUT2D eigenvalue weighted by Gasteiger charge is 2.29. The standard InChI is InChI=1S/C18H21BrN2O/c19-15-8-4-7-13-14-11-21(10-9-16(14)20-17(13)15)18(22)12-5-2-1-3-6-12/h4,7-8,12,20H,1-3,5-6,9-11H2. The van der Waals surface area contributed by atoms with Gasteiger partial charge in [0.2, 0.25) is 5.91 Å². The molecule has 0 spiro atoms. The van der Waals surface area contributed by atoms with Crippen molar-refractivity contribution in [1.82, 2.24) is 9.88 Å². The summed E-state index contributed by atoms with van der Waals surface area (Å²) in [5.74, 6) is 0.655. The van der Waals surface area contributed by atoms with E-state index >= 15 is 0 Å². The highest BCUT2D eigenvalue weighted by atomic mass is 79.9. The summed E-state index contributed by atoms with van der Waals surface area (Å²) in [4.78, 5) is 18.4. The first-order valence-corrected chi connectivity index (χ1v) is 9.10. The summed E-state index contributed by atoms with van der Waals surface area (Å²) in [6.07, 6.45) is 6.84. The number of rotatable bonds is 1. The molecule has 0 atom stereocenters. The number of fused-ring (bicyclic) bond motifs is 3. The van der Waals surface area contributed by atoms with Crippen LogP contribution >= 0.6 is 15.9 Å². The van der Waals surface area contributed by atoms with Gasteiger partial charge >= 0.3 is 0 Å². The monoisotopic (exact) mass is 360 g/mol. The van der Waals surface area contributed by atoms with Crippen molar-refractivity contribution in [2.24, 2.45) is 5.92 Å². The zero-order valence-electron chi connectivity index (χ0n) is 12.7. The van der Waals surface area contributed by atoms with Gasteiger partial charge in [0.1, 0.15) is 0 Å². The molecule has 1 amide bonds. The molecular formula is C18H21BrN2O. The van der Waals surface area contributed by atoms with Gasteiger partial charge in [0.25, 0.3) is 0 Å². The van der Waals surface area contributed by atoms with Crippen LogP contribution in [-0.4, -0.2) is 22.3 Å². The minimum absolute atomic E-state index is 0.271. The second-order valence-electron chi connectivity index (χ2n) is 6.59. The smallest absolute Gasteiger partial charge is 0.225 e. The van der Waals surface area contributed by atoms with Crippen LogP contribution in [0.4, 0.5) is 0 Å². The molecule has 1 aliphatic carbocycles. The van der Waals surface area contributed by atoms with Gasteiger partial charge < -0.3 is 9.88 Å². The Hall–Kier alpha value is -1.29. The predicted octanol–water partition coefficient (Wildman–Crippen LogP) is 4.40. The van der Waals surface area contributed by atoms with E-state index in [1.54, 1.807) is 0 Å². The van der Waals surface area contributed by atoms with Crippen LogP contribution in [0.25, 0.3) is 10.9 Å². The van der Waals surface area contributed by atoms with Crippen LogP contribution in [0.2, 0.25) is 0 Å². The first kappa shape index (κ1) is 14.3. The number of amides is 1. The normalized spacial score (nSPS) is 19.4. The molecule has 1 fully saturated rings. The third-order valence-electron chi connectivity index (χ3n) is 5.23. The van der Waals surface area contributed by atoms with Crippen molar-refractivity contribution in [3.05, 3.63) is 33.9 Å². The van der Waals surface area contributed by atoms with E-state index in [2.05, 4.69) is 44.0 Å². The quantitative estimate of drug-likeness (QED) is 0.803. The van der Waals surface area contributed by atoms with Gasteiger partial charge in [-0.15, -0.1) is 0 Å². The summed E-state index contributed by atoms with van der Waals surface area (Å²) >= 11 is 3.62. The summed E-state index contributed by atoms with van der Waals surface area (Å²) in [5.41, 5.74) is 3.78. The van der Waals surface area contributed by atoms with Gasteiger partial charge in [-0.3, -0.25) is 4.79 Å². The fourth-order valence-electron chi connectivity index (χ4n) is 4.00. The highest BCUT2D eigenvalue weighted by molar-refractivity contribution is 9.10. The lowest BCUT2D eigenvalue weighted by molar-refractivity contribution is -0.137. The number of hydrogen-bond donors (Lipinski definition) is 1. The van der Waals surface area contributed by atoms with Gasteiger partial charge in [-0.05, 0) is 34.8 Å². The molecule has 1 aromatic carbocycles. The summed E-state index contributed by atoms with van der Waals surface area (Å²) < 4.78 is 1.10. The van der Waals surface area contributed by atoms with Crippen LogP contribution in [0.3, 0.4) is 0 Å². The number of halogens is 1. The fourth-order valence-corrected chi connectivity index (χ4v) is 4.46. The minimum atomic E-state index is 0.271. The maximum Gasteiger partial charge on any atom is 0.225 e. The molecule has 0 saturated heterocycles. The molecule has 1 aliphatic heterocycles. The van der Waals surface area contributed by atoms with E-state index in [1.807, 2.05) is 0 Å². The molecule has 1 aromatic heterocycles. The van der Waals surface area contributed by atoms with E-state index in [0.717, 1.165) is 36.8 Å². The number of para-hydroxylation sites is 1. The number of hydrogen-bond acceptors (Lipinski definition) is 1. The van der Waals surface area contributed by atoms with Crippen molar-refractivity contribution < 1.29 is 4.79 Å². The molecule has 4 rings (SSSR count). The predicted molar refractivity (Wildman–Crippen MR) is 91.7 cm³/mol. The van der Waals surface area contributed by atoms with Gasteiger partial charge in [-0.25, -0.2) is 0 Å². The maximum atomic E-state index is 12.8. The molecule has 22 heavy (non-hydrogen) atoms. The van der Waals surface area contributed by atoms with Gasteiger partial charge in [0, 0.05) is 46.5 Å². The van der Waals surface area contributed by atoms with Gasteiger partial charge in [0.05, 0.1) is 5.52 Å². The Morgan fingerprint density at radius 1 is 1.23 bits per heavy atom. The van der Waals surface area contributed by atoms with E-state index in [1.165, 1.54) is 41.4 Å². The summed E-state index contributed by atoms with van der Waals surface area (Å²) in [5, 5.41) is 1.26. The van der Waals surface area contributed by atoms with Crippen molar-refractivity contribution in [1.29, 1.82) is 0 Å². The number of H-pyrrole nitrogens is 1. The molecule has 0 unspecified atom stereocenters. The van der Waals surface area contributed by atoms with E-state index in [-0.39, 0.29) is 5.92 Å². The molecule has 4 heteroatoms. The van der Waals surface area contributed by atoms with Crippen molar-refractivity contribution >= 4 is 32.7 Å². The Bertz CT molecular complexity index is 715. The number of carbonyl (C=O) groups excluding carboxylic acids is 1. The summed E-state index contributed by atoms with van der Waals surface area (Å²) in [6, 6.07) is 6.29. The Labute approximate surface area is 139 Å². The maximum absolute atomic E-state index is 12.8. The Balaban J connectivity index is 1.62. The second kappa shape index (κ2) is 5.73. The second-order valence-corrected chi connectivity index (χ2v) is 7.44. The highest BCUT2D eigenvalue weighted by Crippen LogP contribution is 2.33. The van der Waals surface area contributed by atoms with Crippen LogP contribution in [0.5, 0.6) is 0 Å². The van der Waals surface area contributed by atoms with E-state index in [4.69, 9.17) is 0 Å². The number of aromatic nitrogens is 1. The molecule has 2 aromatic rings. The van der Waals surface area contributed by atoms with Crippen LogP contribution in [-0.2, 0) is 17.8 Å². The number of aromatic amines is 1. The third kappa shape index (κ3) is 2.37. The topological polar surface area (TPSA) is 36.1 Å². The van der Waals surface area contributed by atoms with E-state index in [9.17, 15) is 4.79 Å². The van der Waals surface area contributed by atoms with Gasteiger partial charge in [0.15, 0.2) is 0 Å². The first-order valence-electron chi connectivity index (χ1n) is 8.31. The fraction of sp³-hybridized carbons (Fsp3) is 0.500. The van der Waals surface area contributed by atoms with Crippen molar-refractivity contribution in [3.63, 3.8) is 0 Å². The van der Waals surface area contributed by atoms with E-state index in [0.29, 0.717) is 5.91 Å². The lowest BCUT2D eigenvalue weighted by Gasteiger charge is -2.32. The van der Waals surface area contributed by atoms with Crippen LogP contribution in [0, 0.1) is 5.92 Å². The molecular weight excluding hydrogens is 340 g/mol. The third-order valence-corrected chi connectivity index (χ3v) is 5.89. The van der Waals surface area contributed by atoms with Crippen LogP contribution in [0.1, 0.15) is 43.4 Å². The van der Waals surface area contributed by atoms with Crippen molar-refractivity contribution in [3.8, 4) is 0 Å². The zero-order chi connectivity index (χ0) is 15.1. The molecule has 3 nitrogen and oxygen atoms in total. The Morgan fingerprint density at radius 3 is 2.86 bits per heavy atom.